The minimum Gasteiger partial charge on any atom is -0.346 e. The maximum Gasteiger partial charge on any atom is 0.315 e. The molecule has 1 unspecified atom stereocenters. The molecular weight excluding hydrogens is 534 g/mol. The maximum atomic E-state index is 14.1. The Morgan fingerprint density at radius 1 is 0.905 bits per heavy atom. The number of nitrogens with zero attached hydrogens (tertiary/aromatic N) is 1. The van der Waals surface area contributed by atoms with E-state index in [2.05, 4.69) is 48.6 Å². The fourth-order valence-corrected chi connectivity index (χ4v) is 6.57. The second-order valence-corrected chi connectivity index (χ2v) is 13.5. The van der Waals surface area contributed by atoms with E-state index >= 15 is 0 Å². The quantitative estimate of drug-likeness (QED) is 0.193. The zero-order valence-electron chi connectivity index (χ0n) is 26.1. The van der Waals surface area contributed by atoms with Gasteiger partial charge in [0.05, 0.1) is 6.04 Å². The molecule has 0 aromatic rings. The first-order chi connectivity index (χ1) is 20.0. The maximum absolute atomic E-state index is 14.1. The molecule has 10 nitrogen and oxygen atoms in total. The second kappa shape index (κ2) is 15.5. The Kier molecular flexibility index (Phi) is 12.4. The number of carbonyl (C=O) groups excluding carboxylic acids is 5. The van der Waals surface area contributed by atoms with Crippen LogP contribution in [0.4, 0.5) is 4.79 Å². The molecule has 10 heteroatoms. The van der Waals surface area contributed by atoms with Gasteiger partial charge < -0.3 is 26.2 Å². The van der Waals surface area contributed by atoms with Gasteiger partial charge in [-0.2, -0.15) is 0 Å². The van der Waals surface area contributed by atoms with Gasteiger partial charge in [0.25, 0.3) is 5.91 Å². The normalized spacial score (nSPS) is 21.8. The lowest BCUT2D eigenvalue weighted by molar-refractivity contribution is -0.143. The molecule has 0 radical (unpaired) electrons. The van der Waals surface area contributed by atoms with Crippen LogP contribution in [-0.2, 0) is 19.2 Å². The first-order valence-corrected chi connectivity index (χ1v) is 16.1. The highest BCUT2D eigenvalue weighted by Crippen LogP contribution is 2.32. The molecule has 42 heavy (non-hydrogen) atoms. The third-order valence-corrected chi connectivity index (χ3v) is 9.33. The molecule has 3 aliphatic rings. The van der Waals surface area contributed by atoms with Gasteiger partial charge in [0.1, 0.15) is 12.1 Å². The lowest BCUT2D eigenvalue weighted by Crippen LogP contribution is -2.60. The van der Waals surface area contributed by atoms with E-state index in [1.165, 1.54) is 6.08 Å². The molecule has 2 aliphatic carbocycles. The Bertz CT molecular complexity index is 982. The molecule has 1 aliphatic heterocycles. The van der Waals surface area contributed by atoms with Crippen LogP contribution in [0.2, 0.25) is 0 Å². The van der Waals surface area contributed by atoms with Crippen molar-refractivity contribution < 1.29 is 24.0 Å². The van der Waals surface area contributed by atoms with Crippen LogP contribution in [0.25, 0.3) is 0 Å². The van der Waals surface area contributed by atoms with Crippen molar-refractivity contribution in [2.75, 3.05) is 13.1 Å². The van der Waals surface area contributed by atoms with Crippen molar-refractivity contribution in [3.05, 3.63) is 12.7 Å². The number of carbonyl (C=O) groups is 5. The summed E-state index contributed by atoms with van der Waals surface area (Å²) in [4.78, 5) is 67.9. The van der Waals surface area contributed by atoms with E-state index in [4.69, 9.17) is 0 Å². The van der Waals surface area contributed by atoms with Crippen LogP contribution in [0.5, 0.6) is 0 Å². The lowest BCUT2D eigenvalue weighted by Gasteiger charge is -2.36. The largest absolute Gasteiger partial charge is 0.346 e. The average Bonchev–Trinajstić information content (AvgIpc) is 3.44. The highest BCUT2D eigenvalue weighted by atomic mass is 16.2. The van der Waals surface area contributed by atoms with Crippen LogP contribution in [0.3, 0.4) is 0 Å². The van der Waals surface area contributed by atoms with Crippen molar-refractivity contribution >= 4 is 29.5 Å². The summed E-state index contributed by atoms with van der Waals surface area (Å²) in [6.45, 7) is 12.4. The number of hydrogen-bond acceptors (Lipinski definition) is 5. The van der Waals surface area contributed by atoms with Crippen LogP contribution < -0.4 is 21.3 Å². The molecule has 0 bridgehead atoms. The standard InChI is InChI=1S/C32H53N5O5/c1-6-18-33-29(40)27(38)23(20-21-13-11-14-21)34-28(39)24-17-12-19-37(24)30(41)26(22-15-9-8-10-16-22)36-31(42)35-25(7-2)32(3,4)5/h6,21-26H,1,7-20H2,2-5H3,(H,33,40)(H,34,39)(H2,35,36,42)/t23?,24-,25+,26-/m0/s1. The van der Waals surface area contributed by atoms with Crippen LogP contribution >= 0.6 is 0 Å². The summed E-state index contributed by atoms with van der Waals surface area (Å²) in [6.07, 6.45) is 11.6. The van der Waals surface area contributed by atoms with E-state index in [1.54, 1.807) is 4.90 Å². The topological polar surface area (TPSA) is 137 Å². The Morgan fingerprint density at radius 3 is 2.17 bits per heavy atom. The van der Waals surface area contributed by atoms with Gasteiger partial charge in [-0.05, 0) is 55.8 Å². The highest BCUT2D eigenvalue weighted by molar-refractivity contribution is 6.38. The van der Waals surface area contributed by atoms with E-state index in [9.17, 15) is 24.0 Å². The van der Waals surface area contributed by atoms with Crippen molar-refractivity contribution in [1.29, 1.82) is 0 Å². The molecule has 2 saturated carbocycles. The summed E-state index contributed by atoms with van der Waals surface area (Å²) >= 11 is 0. The van der Waals surface area contributed by atoms with Gasteiger partial charge in [-0.25, -0.2) is 4.79 Å². The van der Waals surface area contributed by atoms with Crippen LogP contribution in [-0.4, -0.2) is 71.7 Å². The minimum absolute atomic E-state index is 0.00229. The van der Waals surface area contributed by atoms with E-state index in [-0.39, 0.29) is 41.8 Å². The molecule has 0 spiro atoms. The summed E-state index contributed by atoms with van der Waals surface area (Å²) in [6, 6.07) is -2.84. The van der Waals surface area contributed by atoms with Gasteiger partial charge in [-0.15, -0.1) is 6.58 Å². The molecule has 0 aromatic heterocycles. The summed E-state index contributed by atoms with van der Waals surface area (Å²) in [5, 5.41) is 11.4. The molecule has 1 saturated heterocycles. The predicted molar refractivity (Wildman–Crippen MR) is 162 cm³/mol. The summed E-state index contributed by atoms with van der Waals surface area (Å²) in [5.41, 5.74) is -0.134. The van der Waals surface area contributed by atoms with Gasteiger partial charge in [-0.3, -0.25) is 19.2 Å². The van der Waals surface area contributed by atoms with E-state index in [0.29, 0.717) is 25.8 Å². The number of urea groups is 1. The van der Waals surface area contributed by atoms with Crippen LogP contribution in [0.15, 0.2) is 12.7 Å². The van der Waals surface area contributed by atoms with Gasteiger partial charge in [0, 0.05) is 19.1 Å². The fourth-order valence-electron chi connectivity index (χ4n) is 6.57. The van der Waals surface area contributed by atoms with Gasteiger partial charge >= 0.3 is 6.03 Å². The smallest absolute Gasteiger partial charge is 0.315 e. The molecule has 3 fully saturated rings. The van der Waals surface area contributed by atoms with Crippen molar-refractivity contribution in [3.63, 3.8) is 0 Å². The van der Waals surface area contributed by atoms with Gasteiger partial charge in [-0.1, -0.05) is 72.3 Å². The zero-order chi connectivity index (χ0) is 30.9. The molecule has 3 rings (SSSR count). The highest BCUT2D eigenvalue weighted by Gasteiger charge is 2.42. The number of likely N-dealkylation sites (tertiary alicyclic amines) is 1. The SMILES string of the molecule is C=CCNC(=O)C(=O)C(CC1CCC1)NC(=O)[C@@H]1CCCN1C(=O)[C@@H](NC(=O)N[C@H](CC)C(C)(C)C)C1CCCCC1. The van der Waals surface area contributed by atoms with Gasteiger partial charge in [0.15, 0.2) is 0 Å². The third-order valence-electron chi connectivity index (χ3n) is 9.33. The lowest BCUT2D eigenvalue weighted by atomic mass is 9.80. The van der Waals surface area contributed by atoms with Gasteiger partial charge in [0.2, 0.25) is 17.6 Å². The monoisotopic (exact) mass is 587 g/mol. The number of rotatable bonds is 13. The minimum atomic E-state index is -0.938. The molecule has 236 valence electrons. The number of ketones is 1. The Morgan fingerprint density at radius 2 is 1.60 bits per heavy atom. The molecule has 4 N–H and O–H groups in total. The molecule has 0 aromatic carbocycles. The number of nitrogens with one attached hydrogen (secondary N) is 4. The first-order valence-electron chi connectivity index (χ1n) is 16.1. The van der Waals surface area contributed by atoms with Crippen molar-refractivity contribution in [1.82, 2.24) is 26.2 Å². The summed E-state index contributed by atoms with van der Waals surface area (Å²) in [5.74, 6) is -1.80. The van der Waals surface area contributed by atoms with Crippen LogP contribution in [0, 0.1) is 17.3 Å². The Hall–Kier alpha value is -2.91. The summed E-state index contributed by atoms with van der Waals surface area (Å²) in [7, 11) is 0. The average molecular weight is 588 g/mol. The molecule has 5 amide bonds. The first kappa shape index (κ1) is 33.6. The molecular formula is C32H53N5O5. The third kappa shape index (κ3) is 9.04. The Balaban J connectivity index is 1.74. The van der Waals surface area contributed by atoms with Crippen molar-refractivity contribution in [3.8, 4) is 0 Å². The molecule has 4 atom stereocenters. The number of Topliss-reactive ketones (excluding diaryl/α,β-unsaturated/α-hetero) is 1. The fraction of sp³-hybridized carbons (Fsp3) is 0.781. The second-order valence-electron chi connectivity index (χ2n) is 13.5. The van der Waals surface area contributed by atoms with E-state index < -0.39 is 35.7 Å². The Labute approximate surface area is 251 Å². The van der Waals surface area contributed by atoms with Crippen LogP contribution in [0.1, 0.15) is 105 Å². The zero-order valence-corrected chi connectivity index (χ0v) is 26.1. The van der Waals surface area contributed by atoms with E-state index in [0.717, 1.165) is 57.8 Å². The summed E-state index contributed by atoms with van der Waals surface area (Å²) < 4.78 is 0. The van der Waals surface area contributed by atoms with E-state index in [1.807, 2.05) is 6.92 Å². The number of hydrogen-bond donors (Lipinski definition) is 4. The predicted octanol–water partition coefficient (Wildman–Crippen LogP) is 3.60. The number of amides is 5. The molecule has 1 heterocycles. The van der Waals surface area contributed by atoms with Crippen molar-refractivity contribution in [2.45, 2.75) is 129 Å². The van der Waals surface area contributed by atoms with Crippen molar-refractivity contribution in [2.24, 2.45) is 17.3 Å².